The van der Waals surface area contributed by atoms with E-state index < -0.39 is 11.5 Å². The van der Waals surface area contributed by atoms with E-state index in [0.29, 0.717) is 5.56 Å². The van der Waals surface area contributed by atoms with Gasteiger partial charge < -0.3 is 10.4 Å². The molecule has 0 aliphatic carbocycles. The molecule has 1 aromatic rings. The first kappa shape index (κ1) is 13.7. The molecule has 0 fully saturated rings. The number of carboxylic acid groups (broad SMARTS) is 1. The Morgan fingerprint density at radius 3 is 2.24 bits per heavy atom. The molecule has 0 aliphatic heterocycles. The van der Waals surface area contributed by atoms with Crippen LogP contribution in [0.3, 0.4) is 0 Å². The second-order valence-electron chi connectivity index (χ2n) is 3.75. The summed E-state index contributed by atoms with van der Waals surface area (Å²) in [6.45, 7) is 3.04. The molecule has 0 saturated carbocycles. The van der Waals surface area contributed by atoms with Crippen LogP contribution in [0.4, 0.5) is 0 Å². The maximum atomic E-state index is 11.4. The second-order valence-corrected chi connectivity index (χ2v) is 4.67. The molecule has 1 atom stereocenters. The van der Waals surface area contributed by atoms with Crippen molar-refractivity contribution in [2.45, 2.75) is 25.8 Å². The summed E-state index contributed by atoms with van der Waals surface area (Å²) >= 11 is 3.29. The van der Waals surface area contributed by atoms with Gasteiger partial charge >= 0.3 is 5.97 Å². The number of benzene rings is 1. The fraction of sp³-hybridized carbons (Fsp3) is 0.333. The molecule has 1 unspecified atom stereocenters. The molecule has 0 saturated heterocycles. The number of carbonyl (C=O) groups excluding carboxylic acids is 1. The fourth-order valence-electron chi connectivity index (χ4n) is 1.73. The van der Waals surface area contributed by atoms with Crippen molar-refractivity contribution in [1.82, 2.24) is 5.32 Å². The molecular weight excluding hydrogens is 286 g/mol. The van der Waals surface area contributed by atoms with Gasteiger partial charge in [-0.25, -0.2) is 4.79 Å². The van der Waals surface area contributed by atoms with Gasteiger partial charge in [-0.2, -0.15) is 0 Å². The van der Waals surface area contributed by atoms with Gasteiger partial charge in [-0.1, -0.05) is 35.0 Å². The van der Waals surface area contributed by atoms with Crippen LogP contribution in [0.15, 0.2) is 28.7 Å². The minimum Gasteiger partial charge on any atom is -0.479 e. The highest BCUT2D eigenvalue weighted by Crippen LogP contribution is 2.27. The largest absolute Gasteiger partial charge is 0.479 e. The number of hydrogen-bond donors (Lipinski definition) is 2. The Hall–Kier alpha value is -1.36. The molecule has 1 rings (SSSR count). The van der Waals surface area contributed by atoms with Crippen molar-refractivity contribution in [2.75, 3.05) is 0 Å². The van der Waals surface area contributed by atoms with Crippen molar-refractivity contribution in [1.29, 1.82) is 0 Å². The molecule has 0 bridgehead atoms. The van der Waals surface area contributed by atoms with E-state index >= 15 is 0 Å². The first-order valence-electron chi connectivity index (χ1n) is 5.20. The lowest BCUT2D eigenvalue weighted by Crippen LogP contribution is -2.50. The number of carbonyl (C=O) groups is 2. The Balaban J connectivity index is 3.26. The van der Waals surface area contributed by atoms with Gasteiger partial charge in [-0.05, 0) is 24.1 Å². The number of carboxylic acids is 1. The van der Waals surface area contributed by atoms with Crippen LogP contribution >= 0.6 is 15.9 Å². The van der Waals surface area contributed by atoms with Crippen molar-refractivity contribution in [3.05, 3.63) is 34.3 Å². The molecular formula is C12H14BrNO3. The first-order chi connectivity index (χ1) is 7.92. The Labute approximate surface area is 108 Å². The number of aliphatic carboxylic acids is 1. The van der Waals surface area contributed by atoms with Gasteiger partial charge in [-0.3, -0.25) is 4.79 Å². The molecule has 0 aliphatic rings. The third kappa shape index (κ3) is 2.85. The predicted molar refractivity (Wildman–Crippen MR) is 67.6 cm³/mol. The van der Waals surface area contributed by atoms with Crippen molar-refractivity contribution in [3.8, 4) is 0 Å². The third-order valence-corrected chi connectivity index (χ3v) is 3.15. The highest BCUT2D eigenvalue weighted by atomic mass is 79.9. The summed E-state index contributed by atoms with van der Waals surface area (Å²) in [5, 5.41) is 11.9. The van der Waals surface area contributed by atoms with E-state index in [1.54, 1.807) is 31.2 Å². The predicted octanol–water partition coefficient (Wildman–Crippen LogP) is 2.28. The van der Waals surface area contributed by atoms with Crippen LogP contribution in [0.5, 0.6) is 0 Å². The van der Waals surface area contributed by atoms with Crippen LogP contribution in [-0.2, 0) is 15.1 Å². The number of nitrogens with one attached hydrogen (secondary N) is 1. The van der Waals surface area contributed by atoms with E-state index in [1.807, 2.05) is 0 Å². The first-order valence-corrected chi connectivity index (χ1v) is 6.00. The van der Waals surface area contributed by atoms with Crippen LogP contribution in [0, 0.1) is 0 Å². The molecule has 5 heteroatoms. The number of hydrogen-bond acceptors (Lipinski definition) is 2. The third-order valence-electron chi connectivity index (χ3n) is 2.62. The van der Waals surface area contributed by atoms with Crippen LogP contribution in [-0.4, -0.2) is 17.0 Å². The Morgan fingerprint density at radius 2 is 1.88 bits per heavy atom. The Kier molecular flexibility index (Phi) is 4.28. The minimum absolute atomic E-state index is 0.281. The summed E-state index contributed by atoms with van der Waals surface area (Å²) in [4.78, 5) is 22.6. The minimum atomic E-state index is -1.35. The molecule has 92 valence electrons. The van der Waals surface area contributed by atoms with E-state index in [2.05, 4.69) is 21.2 Å². The summed E-state index contributed by atoms with van der Waals surface area (Å²) < 4.78 is 0.861. The smallest absolute Gasteiger partial charge is 0.334 e. The second kappa shape index (κ2) is 5.31. The quantitative estimate of drug-likeness (QED) is 0.896. The van der Waals surface area contributed by atoms with Crippen molar-refractivity contribution < 1.29 is 14.7 Å². The van der Waals surface area contributed by atoms with Gasteiger partial charge in [0.2, 0.25) is 5.91 Å². The van der Waals surface area contributed by atoms with Gasteiger partial charge in [0.25, 0.3) is 0 Å². The van der Waals surface area contributed by atoms with Crippen molar-refractivity contribution >= 4 is 27.8 Å². The maximum absolute atomic E-state index is 11.4. The SMILES string of the molecule is CCC(NC(C)=O)(C(=O)O)c1ccc(Br)cc1. The molecule has 4 nitrogen and oxygen atoms in total. The normalized spacial score (nSPS) is 13.8. The zero-order chi connectivity index (χ0) is 13.1. The molecule has 2 N–H and O–H groups in total. The fourth-order valence-corrected chi connectivity index (χ4v) is 1.99. The summed E-state index contributed by atoms with van der Waals surface area (Å²) in [6.07, 6.45) is 0.281. The standard InChI is InChI=1S/C12H14BrNO3/c1-3-12(11(16)17,14-8(2)15)9-4-6-10(13)7-5-9/h4-7H,3H2,1-2H3,(H,14,15)(H,16,17). The lowest BCUT2D eigenvalue weighted by molar-refractivity contribution is -0.148. The van der Waals surface area contributed by atoms with Crippen molar-refractivity contribution in [2.24, 2.45) is 0 Å². The molecule has 1 aromatic carbocycles. The van der Waals surface area contributed by atoms with Crippen LogP contribution in [0.25, 0.3) is 0 Å². The monoisotopic (exact) mass is 299 g/mol. The van der Waals surface area contributed by atoms with Crippen LogP contribution < -0.4 is 5.32 Å². The lowest BCUT2D eigenvalue weighted by atomic mass is 9.87. The molecule has 0 spiro atoms. The summed E-state index contributed by atoms with van der Waals surface area (Å²) in [5.74, 6) is -1.42. The number of rotatable bonds is 4. The molecule has 0 heterocycles. The lowest BCUT2D eigenvalue weighted by Gasteiger charge is -2.29. The Bertz CT molecular complexity index is 430. The number of halogens is 1. The summed E-state index contributed by atoms with van der Waals surface area (Å²) in [5.41, 5.74) is -0.794. The van der Waals surface area contributed by atoms with Gasteiger partial charge in [0.05, 0.1) is 0 Å². The summed E-state index contributed by atoms with van der Waals surface area (Å²) in [7, 11) is 0. The molecule has 17 heavy (non-hydrogen) atoms. The highest BCUT2D eigenvalue weighted by Gasteiger charge is 2.39. The Morgan fingerprint density at radius 1 is 1.35 bits per heavy atom. The van der Waals surface area contributed by atoms with Crippen LogP contribution in [0.1, 0.15) is 25.8 Å². The van der Waals surface area contributed by atoms with Gasteiger partial charge in [-0.15, -0.1) is 0 Å². The zero-order valence-corrected chi connectivity index (χ0v) is 11.2. The molecule has 0 radical (unpaired) electrons. The maximum Gasteiger partial charge on any atom is 0.334 e. The number of amides is 1. The average molecular weight is 300 g/mol. The topological polar surface area (TPSA) is 66.4 Å². The van der Waals surface area contributed by atoms with Gasteiger partial charge in [0.15, 0.2) is 5.54 Å². The van der Waals surface area contributed by atoms with Gasteiger partial charge in [0.1, 0.15) is 0 Å². The van der Waals surface area contributed by atoms with Crippen LogP contribution in [0.2, 0.25) is 0 Å². The van der Waals surface area contributed by atoms with E-state index in [1.165, 1.54) is 6.92 Å². The highest BCUT2D eigenvalue weighted by molar-refractivity contribution is 9.10. The average Bonchev–Trinajstić information content (AvgIpc) is 2.26. The summed E-state index contributed by atoms with van der Waals surface area (Å²) in [6, 6.07) is 6.89. The van der Waals surface area contributed by atoms with E-state index in [0.717, 1.165) is 4.47 Å². The van der Waals surface area contributed by atoms with Crippen molar-refractivity contribution in [3.63, 3.8) is 0 Å². The van der Waals surface area contributed by atoms with E-state index in [9.17, 15) is 14.7 Å². The van der Waals surface area contributed by atoms with E-state index in [4.69, 9.17) is 0 Å². The molecule has 0 aromatic heterocycles. The zero-order valence-electron chi connectivity index (χ0n) is 9.66. The molecule has 1 amide bonds. The van der Waals surface area contributed by atoms with Gasteiger partial charge in [0, 0.05) is 11.4 Å². The van der Waals surface area contributed by atoms with E-state index in [-0.39, 0.29) is 12.3 Å².